The van der Waals surface area contributed by atoms with E-state index in [0.29, 0.717) is 16.6 Å². The zero-order valence-electron chi connectivity index (χ0n) is 11.7. The van der Waals surface area contributed by atoms with E-state index in [4.69, 9.17) is 16.3 Å². The fourth-order valence-electron chi connectivity index (χ4n) is 1.72. The van der Waals surface area contributed by atoms with Gasteiger partial charge < -0.3 is 4.74 Å². The molecule has 0 aliphatic rings. The maximum absolute atomic E-state index is 12.1. The Kier molecular flexibility index (Phi) is 5.44. The van der Waals surface area contributed by atoms with Crippen molar-refractivity contribution in [2.45, 2.75) is 17.6 Å². The average Bonchev–Trinajstić information content (AvgIpc) is 2.88. The summed E-state index contributed by atoms with van der Waals surface area (Å²) in [5.41, 5.74) is 1.16. The lowest BCUT2D eigenvalue weighted by molar-refractivity contribution is -0.142. The van der Waals surface area contributed by atoms with Gasteiger partial charge in [-0.25, -0.2) is 8.42 Å². The summed E-state index contributed by atoms with van der Waals surface area (Å²) >= 11 is 6.73. The Hall–Kier alpha value is -1.57. The molecule has 0 saturated heterocycles. The number of thiophene rings is 1. The first-order chi connectivity index (χ1) is 10.4. The molecular weight excluding hydrogens is 346 g/mol. The first-order valence-corrected chi connectivity index (χ1v) is 9.11. The average molecular weight is 360 g/mol. The van der Waals surface area contributed by atoms with Crippen molar-refractivity contribution < 1.29 is 17.9 Å². The highest BCUT2D eigenvalue weighted by molar-refractivity contribution is 7.94. The molecule has 5 nitrogen and oxygen atoms in total. The van der Waals surface area contributed by atoms with Gasteiger partial charge in [-0.3, -0.25) is 9.52 Å². The van der Waals surface area contributed by atoms with Crippen LogP contribution in [0.4, 0.5) is 5.69 Å². The van der Waals surface area contributed by atoms with Gasteiger partial charge in [-0.05, 0) is 36.8 Å². The number of esters is 1. The van der Waals surface area contributed by atoms with Crippen LogP contribution in [0.1, 0.15) is 12.5 Å². The van der Waals surface area contributed by atoms with E-state index in [9.17, 15) is 13.2 Å². The molecule has 0 saturated carbocycles. The summed E-state index contributed by atoms with van der Waals surface area (Å²) in [5.74, 6) is -0.316. The van der Waals surface area contributed by atoms with Gasteiger partial charge in [0.15, 0.2) is 0 Å². The quantitative estimate of drug-likeness (QED) is 0.803. The third-order valence-electron chi connectivity index (χ3n) is 2.67. The first kappa shape index (κ1) is 16.8. The normalized spacial score (nSPS) is 11.2. The van der Waals surface area contributed by atoms with Crippen molar-refractivity contribution in [2.75, 3.05) is 11.3 Å². The Bertz CT molecular complexity index is 753. The Balaban J connectivity index is 2.06. The highest BCUT2D eigenvalue weighted by Crippen LogP contribution is 2.27. The summed E-state index contributed by atoms with van der Waals surface area (Å²) in [6.45, 7) is 2.08. The van der Waals surface area contributed by atoms with Gasteiger partial charge in [0.25, 0.3) is 10.0 Å². The Morgan fingerprint density at radius 3 is 2.45 bits per heavy atom. The second-order valence-corrected chi connectivity index (χ2v) is 7.97. The molecular formula is C14H14ClNO4S2. The number of benzene rings is 1. The van der Waals surface area contributed by atoms with E-state index in [1.54, 1.807) is 31.2 Å². The van der Waals surface area contributed by atoms with Gasteiger partial charge in [-0.2, -0.15) is 0 Å². The lowest BCUT2D eigenvalue weighted by Crippen LogP contribution is -2.11. The number of anilines is 1. The second kappa shape index (κ2) is 7.13. The van der Waals surface area contributed by atoms with Crippen LogP contribution in [0.25, 0.3) is 0 Å². The molecule has 0 bridgehead atoms. The molecule has 8 heteroatoms. The molecule has 1 heterocycles. The van der Waals surface area contributed by atoms with Gasteiger partial charge in [-0.1, -0.05) is 23.7 Å². The van der Waals surface area contributed by atoms with E-state index in [0.717, 1.165) is 16.9 Å². The number of rotatable bonds is 6. The van der Waals surface area contributed by atoms with Crippen molar-refractivity contribution in [1.82, 2.24) is 0 Å². The monoisotopic (exact) mass is 359 g/mol. The molecule has 2 aromatic rings. The van der Waals surface area contributed by atoms with Crippen LogP contribution in [-0.2, 0) is 26.0 Å². The van der Waals surface area contributed by atoms with Crippen molar-refractivity contribution in [3.05, 3.63) is 46.3 Å². The maximum Gasteiger partial charge on any atom is 0.310 e. The third kappa shape index (κ3) is 4.46. The third-order valence-corrected chi connectivity index (χ3v) is 5.78. The Morgan fingerprint density at radius 2 is 1.91 bits per heavy atom. The fraction of sp³-hybridized carbons (Fsp3) is 0.214. The van der Waals surface area contributed by atoms with Crippen LogP contribution in [-0.4, -0.2) is 21.0 Å². The lowest BCUT2D eigenvalue weighted by atomic mass is 10.1. The van der Waals surface area contributed by atoms with Crippen LogP contribution in [0.2, 0.25) is 4.34 Å². The topological polar surface area (TPSA) is 72.5 Å². The number of carbonyl (C=O) groups is 1. The summed E-state index contributed by atoms with van der Waals surface area (Å²) in [7, 11) is -3.64. The SMILES string of the molecule is CCOC(=O)Cc1ccc(NS(=O)(=O)c2ccc(Cl)s2)cc1. The van der Waals surface area contributed by atoms with Crippen molar-refractivity contribution >= 4 is 44.6 Å². The van der Waals surface area contributed by atoms with Crippen molar-refractivity contribution in [3.8, 4) is 0 Å². The van der Waals surface area contributed by atoms with Crippen LogP contribution in [0, 0.1) is 0 Å². The summed E-state index contributed by atoms with van der Waals surface area (Å²) in [4.78, 5) is 11.4. The maximum atomic E-state index is 12.1. The standard InChI is InChI=1S/C14H14ClNO4S2/c1-2-20-13(17)9-10-3-5-11(6-4-10)16-22(18,19)14-8-7-12(15)21-14/h3-8,16H,2,9H2,1H3. The number of halogens is 1. The number of hydrogen-bond donors (Lipinski definition) is 1. The first-order valence-electron chi connectivity index (χ1n) is 6.43. The van der Waals surface area contributed by atoms with E-state index >= 15 is 0 Å². The lowest BCUT2D eigenvalue weighted by Gasteiger charge is -2.07. The van der Waals surface area contributed by atoms with E-state index in [1.807, 2.05) is 0 Å². The predicted molar refractivity (Wildman–Crippen MR) is 86.9 cm³/mol. The molecule has 0 spiro atoms. The van der Waals surface area contributed by atoms with Crippen molar-refractivity contribution in [2.24, 2.45) is 0 Å². The molecule has 0 radical (unpaired) electrons. The molecule has 0 fully saturated rings. The minimum Gasteiger partial charge on any atom is -0.466 e. The molecule has 0 unspecified atom stereocenters. The van der Waals surface area contributed by atoms with E-state index in [-0.39, 0.29) is 16.6 Å². The molecule has 22 heavy (non-hydrogen) atoms. The molecule has 1 aromatic heterocycles. The minimum atomic E-state index is -3.64. The zero-order chi connectivity index (χ0) is 16.2. The molecule has 1 N–H and O–H groups in total. The van der Waals surface area contributed by atoms with E-state index in [2.05, 4.69) is 4.72 Å². The molecule has 0 atom stereocenters. The molecule has 0 aliphatic carbocycles. The second-order valence-electron chi connectivity index (χ2n) is 4.34. The van der Waals surface area contributed by atoms with Gasteiger partial charge in [0.2, 0.25) is 0 Å². The van der Waals surface area contributed by atoms with Gasteiger partial charge in [0.1, 0.15) is 4.21 Å². The largest absolute Gasteiger partial charge is 0.466 e. The van der Waals surface area contributed by atoms with Gasteiger partial charge in [-0.15, -0.1) is 11.3 Å². The molecule has 2 rings (SSSR count). The summed E-state index contributed by atoms with van der Waals surface area (Å²) in [5, 5.41) is 0. The number of nitrogens with one attached hydrogen (secondary N) is 1. The summed E-state index contributed by atoms with van der Waals surface area (Å²) in [6.07, 6.45) is 0.154. The van der Waals surface area contributed by atoms with Crippen LogP contribution in [0.3, 0.4) is 0 Å². The van der Waals surface area contributed by atoms with Crippen LogP contribution in [0.15, 0.2) is 40.6 Å². The number of sulfonamides is 1. The highest BCUT2D eigenvalue weighted by Gasteiger charge is 2.16. The van der Waals surface area contributed by atoms with Crippen LogP contribution >= 0.6 is 22.9 Å². The molecule has 118 valence electrons. The smallest absolute Gasteiger partial charge is 0.310 e. The van der Waals surface area contributed by atoms with Gasteiger partial charge in [0, 0.05) is 5.69 Å². The predicted octanol–water partition coefficient (Wildman–Crippen LogP) is 3.31. The minimum absolute atomic E-state index is 0.146. The van der Waals surface area contributed by atoms with E-state index < -0.39 is 10.0 Å². The fourth-order valence-corrected chi connectivity index (χ4v) is 4.26. The van der Waals surface area contributed by atoms with Crippen LogP contribution in [0.5, 0.6) is 0 Å². The summed E-state index contributed by atoms with van der Waals surface area (Å²) < 4.78 is 32.1. The number of hydrogen-bond acceptors (Lipinski definition) is 5. The van der Waals surface area contributed by atoms with E-state index in [1.165, 1.54) is 12.1 Å². The molecule has 0 amide bonds. The number of ether oxygens (including phenoxy) is 1. The summed E-state index contributed by atoms with van der Waals surface area (Å²) in [6, 6.07) is 9.53. The van der Waals surface area contributed by atoms with Gasteiger partial charge >= 0.3 is 5.97 Å². The number of carbonyl (C=O) groups excluding carboxylic acids is 1. The Morgan fingerprint density at radius 1 is 1.23 bits per heavy atom. The van der Waals surface area contributed by atoms with Crippen LogP contribution < -0.4 is 4.72 Å². The van der Waals surface area contributed by atoms with Crippen molar-refractivity contribution in [3.63, 3.8) is 0 Å². The molecule has 0 aliphatic heterocycles. The highest BCUT2D eigenvalue weighted by atomic mass is 35.5. The molecule has 1 aromatic carbocycles. The van der Waals surface area contributed by atoms with Crippen molar-refractivity contribution in [1.29, 1.82) is 0 Å². The van der Waals surface area contributed by atoms with Gasteiger partial charge in [0.05, 0.1) is 17.4 Å². The Labute approximate surface area is 137 Å². The zero-order valence-corrected chi connectivity index (χ0v) is 14.1.